The molecule has 1 unspecified atom stereocenters. The van der Waals surface area contributed by atoms with E-state index in [4.69, 9.17) is 0 Å². The molecule has 4 N–H and O–H groups in total. The molecule has 1 atom stereocenters. The zero-order valence-electron chi connectivity index (χ0n) is 10.5. The van der Waals surface area contributed by atoms with E-state index < -0.39 is 0 Å². The first kappa shape index (κ1) is 11.7. The molecule has 0 aliphatic carbocycles. The van der Waals surface area contributed by atoms with E-state index in [0.29, 0.717) is 0 Å². The maximum atomic E-state index is 11.2. The number of nitrogens with zero attached hydrogens (tertiary/aromatic N) is 1. The van der Waals surface area contributed by atoms with Crippen LogP contribution in [-0.2, 0) is 6.54 Å². The van der Waals surface area contributed by atoms with Crippen molar-refractivity contribution < 1.29 is 0 Å². The molecule has 0 aliphatic rings. The third kappa shape index (κ3) is 2.43. The Morgan fingerprint density at radius 1 is 1.26 bits per heavy atom. The molecule has 0 radical (unpaired) electrons. The van der Waals surface area contributed by atoms with Crippen LogP contribution in [0, 0.1) is 0 Å². The van der Waals surface area contributed by atoms with Crippen LogP contribution in [0.15, 0.2) is 35.3 Å². The first-order valence-corrected chi connectivity index (χ1v) is 6.16. The number of nitrogens with one attached hydrogen (secondary N) is 4. The SMILES string of the molecule is CC(NCc1ccn[nH]1)c1ccc2[nH]c(=O)[nH]c2c1. The van der Waals surface area contributed by atoms with Crippen molar-refractivity contribution in [2.75, 3.05) is 0 Å². The van der Waals surface area contributed by atoms with Gasteiger partial charge in [0.15, 0.2) is 0 Å². The normalized spacial score (nSPS) is 12.9. The van der Waals surface area contributed by atoms with Crippen LogP contribution in [0.2, 0.25) is 0 Å². The van der Waals surface area contributed by atoms with Crippen molar-refractivity contribution in [1.29, 1.82) is 0 Å². The summed E-state index contributed by atoms with van der Waals surface area (Å²) in [6.07, 6.45) is 1.73. The fourth-order valence-corrected chi connectivity index (χ4v) is 2.08. The molecule has 2 aromatic heterocycles. The van der Waals surface area contributed by atoms with E-state index in [-0.39, 0.29) is 11.7 Å². The maximum absolute atomic E-state index is 11.2. The molecule has 0 fully saturated rings. The highest BCUT2D eigenvalue weighted by Gasteiger charge is 2.07. The van der Waals surface area contributed by atoms with Crippen molar-refractivity contribution in [3.05, 3.63) is 52.2 Å². The number of aromatic amines is 3. The second-order valence-corrected chi connectivity index (χ2v) is 4.57. The van der Waals surface area contributed by atoms with Gasteiger partial charge in [-0.1, -0.05) is 6.07 Å². The van der Waals surface area contributed by atoms with Gasteiger partial charge in [-0.15, -0.1) is 0 Å². The van der Waals surface area contributed by atoms with Crippen molar-refractivity contribution in [1.82, 2.24) is 25.5 Å². The van der Waals surface area contributed by atoms with Gasteiger partial charge in [0.1, 0.15) is 0 Å². The number of imidazole rings is 1. The average Bonchev–Trinajstić information content (AvgIpc) is 3.02. The van der Waals surface area contributed by atoms with Crippen LogP contribution in [-0.4, -0.2) is 20.2 Å². The van der Waals surface area contributed by atoms with Crippen LogP contribution in [0.4, 0.5) is 0 Å². The van der Waals surface area contributed by atoms with Gasteiger partial charge in [0, 0.05) is 24.5 Å². The standard InChI is InChI=1S/C13H15N5O/c1-8(14-7-10-4-5-15-18-10)9-2-3-11-12(6-9)17-13(19)16-11/h2-6,8,14H,7H2,1H3,(H,15,18)(H2,16,17,19). The fourth-order valence-electron chi connectivity index (χ4n) is 2.08. The van der Waals surface area contributed by atoms with Gasteiger partial charge < -0.3 is 15.3 Å². The van der Waals surface area contributed by atoms with Gasteiger partial charge in [-0.2, -0.15) is 5.10 Å². The van der Waals surface area contributed by atoms with E-state index in [9.17, 15) is 4.79 Å². The average molecular weight is 257 g/mol. The minimum absolute atomic E-state index is 0.176. The Morgan fingerprint density at radius 2 is 2.11 bits per heavy atom. The molecule has 0 bridgehead atoms. The van der Waals surface area contributed by atoms with Crippen molar-refractivity contribution in [2.24, 2.45) is 0 Å². The molecule has 1 aromatic carbocycles. The summed E-state index contributed by atoms with van der Waals surface area (Å²) in [5.74, 6) is 0. The number of hydrogen-bond donors (Lipinski definition) is 4. The Morgan fingerprint density at radius 3 is 2.89 bits per heavy atom. The van der Waals surface area contributed by atoms with E-state index in [1.54, 1.807) is 6.20 Å². The van der Waals surface area contributed by atoms with Crippen LogP contribution < -0.4 is 11.0 Å². The summed E-state index contributed by atoms with van der Waals surface area (Å²) in [6.45, 7) is 2.81. The second kappa shape index (κ2) is 4.74. The second-order valence-electron chi connectivity index (χ2n) is 4.57. The van der Waals surface area contributed by atoms with E-state index in [1.807, 2.05) is 24.3 Å². The number of hydrogen-bond acceptors (Lipinski definition) is 3. The lowest BCUT2D eigenvalue weighted by atomic mass is 10.1. The van der Waals surface area contributed by atoms with Crippen molar-refractivity contribution >= 4 is 11.0 Å². The molecule has 0 saturated carbocycles. The highest BCUT2D eigenvalue weighted by molar-refractivity contribution is 5.75. The lowest BCUT2D eigenvalue weighted by Crippen LogP contribution is -2.18. The van der Waals surface area contributed by atoms with Crippen molar-refractivity contribution in [2.45, 2.75) is 19.5 Å². The zero-order valence-corrected chi connectivity index (χ0v) is 10.5. The summed E-state index contributed by atoms with van der Waals surface area (Å²) in [5.41, 5.74) is 3.66. The monoisotopic (exact) mass is 257 g/mol. The number of aromatic nitrogens is 4. The number of benzene rings is 1. The quantitative estimate of drug-likeness (QED) is 0.570. The molecule has 0 aliphatic heterocycles. The lowest BCUT2D eigenvalue weighted by Gasteiger charge is -2.13. The Bertz CT molecular complexity index is 725. The van der Waals surface area contributed by atoms with E-state index in [1.165, 1.54) is 0 Å². The summed E-state index contributed by atoms with van der Waals surface area (Å²) in [4.78, 5) is 16.7. The predicted octanol–water partition coefficient (Wildman–Crippen LogP) is 1.43. The van der Waals surface area contributed by atoms with Crippen LogP contribution in [0.25, 0.3) is 11.0 Å². The predicted molar refractivity (Wildman–Crippen MR) is 72.8 cm³/mol. The smallest absolute Gasteiger partial charge is 0.306 e. The van der Waals surface area contributed by atoms with Crippen molar-refractivity contribution in [3.8, 4) is 0 Å². The molecule has 6 nitrogen and oxygen atoms in total. The number of H-pyrrole nitrogens is 3. The molecule has 0 amide bonds. The van der Waals surface area contributed by atoms with Crippen LogP contribution in [0.3, 0.4) is 0 Å². The largest absolute Gasteiger partial charge is 0.323 e. The highest BCUT2D eigenvalue weighted by atomic mass is 16.1. The summed E-state index contributed by atoms with van der Waals surface area (Å²) in [5, 5.41) is 10.2. The Kier molecular flexibility index (Phi) is 2.92. The van der Waals surface area contributed by atoms with E-state index >= 15 is 0 Å². The fraction of sp³-hybridized carbons (Fsp3) is 0.231. The minimum Gasteiger partial charge on any atom is -0.306 e. The molecule has 0 saturated heterocycles. The van der Waals surface area contributed by atoms with Gasteiger partial charge in [0.25, 0.3) is 0 Å². The van der Waals surface area contributed by atoms with Gasteiger partial charge in [-0.3, -0.25) is 5.10 Å². The molecule has 3 rings (SSSR count). The molecule has 6 heteroatoms. The topological polar surface area (TPSA) is 89.4 Å². The highest BCUT2D eigenvalue weighted by Crippen LogP contribution is 2.17. The molecule has 0 spiro atoms. The third-order valence-corrected chi connectivity index (χ3v) is 3.20. The zero-order chi connectivity index (χ0) is 13.2. The van der Waals surface area contributed by atoms with Gasteiger partial charge in [0.05, 0.1) is 11.0 Å². The van der Waals surface area contributed by atoms with E-state index in [0.717, 1.165) is 28.8 Å². The maximum Gasteiger partial charge on any atom is 0.323 e. The third-order valence-electron chi connectivity index (χ3n) is 3.20. The number of rotatable bonds is 4. The Balaban J connectivity index is 1.77. The first-order chi connectivity index (χ1) is 9.22. The Hall–Kier alpha value is -2.34. The van der Waals surface area contributed by atoms with Crippen LogP contribution in [0.5, 0.6) is 0 Å². The van der Waals surface area contributed by atoms with Gasteiger partial charge >= 0.3 is 5.69 Å². The Labute approximate surface area is 109 Å². The molecule has 98 valence electrons. The minimum atomic E-state index is -0.176. The van der Waals surface area contributed by atoms with Gasteiger partial charge in [-0.05, 0) is 30.7 Å². The van der Waals surface area contributed by atoms with Gasteiger partial charge in [-0.25, -0.2) is 4.79 Å². The van der Waals surface area contributed by atoms with Crippen LogP contribution in [0.1, 0.15) is 24.2 Å². The van der Waals surface area contributed by atoms with Crippen LogP contribution >= 0.6 is 0 Å². The molecule has 2 heterocycles. The molecular weight excluding hydrogens is 242 g/mol. The summed E-state index contributed by atoms with van der Waals surface area (Å²) >= 11 is 0. The molecular formula is C13H15N5O. The summed E-state index contributed by atoms with van der Waals surface area (Å²) in [6, 6.07) is 8.03. The van der Waals surface area contributed by atoms with E-state index in [2.05, 4.69) is 32.4 Å². The summed E-state index contributed by atoms with van der Waals surface area (Å²) < 4.78 is 0. The molecule has 3 aromatic rings. The number of fused-ring (bicyclic) bond motifs is 1. The first-order valence-electron chi connectivity index (χ1n) is 6.16. The molecule has 19 heavy (non-hydrogen) atoms. The van der Waals surface area contributed by atoms with Crippen molar-refractivity contribution in [3.63, 3.8) is 0 Å². The lowest BCUT2D eigenvalue weighted by molar-refractivity contribution is 0.567. The summed E-state index contributed by atoms with van der Waals surface area (Å²) in [7, 11) is 0. The van der Waals surface area contributed by atoms with Gasteiger partial charge in [0.2, 0.25) is 0 Å².